The first-order valence-electron chi connectivity index (χ1n) is 13.0. The van der Waals surface area contributed by atoms with Gasteiger partial charge >= 0.3 is 6.18 Å². The number of furan rings is 1. The molecular weight excluding hydrogens is 575 g/mol. The lowest BCUT2D eigenvalue weighted by atomic mass is 9.85. The zero-order chi connectivity index (χ0) is 30.7. The van der Waals surface area contributed by atoms with Gasteiger partial charge in [-0.25, -0.2) is 0 Å². The SMILES string of the molecule is Cc1ccc([C@H](Nc2c(Nc3ccc(Cl)c4c3C(=O)N(c3cc(C(F)(F)F)ccc3CO)C4)c(=O)c2=O)C(C)(C)C)o1. The van der Waals surface area contributed by atoms with Crippen molar-refractivity contribution < 1.29 is 27.5 Å². The molecule has 3 aromatic carbocycles. The molecule has 1 aliphatic heterocycles. The molecule has 0 saturated heterocycles. The second-order valence-corrected chi connectivity index (χ2v) is 11.7. The summed E-state index contributed by atoms with van der Waals surface area (Å²) in [6, 6.07) is 8.78. The molecule has 8 nitrogen and oxygen atoms in total. The molecule has 12 heteroatoms. The zero-order valence-electron chi connectivity index (χ0n) is 23.1. The topological polar surface area (TPSA) is 112 Å². The minimum Gasteiger partial charge on any atom is -0.464 e. The quantitative estimate of drug-likeness (QED) is 0.209. The van der Waals surface area contributed by atoms with Gasteiger partial charge in [0.05, 0.1) is 41.7 Å². The summed E-state index contributed by atoms with van der Waals surface area (Å²) in [5.41, 5.74) is -2.51. The third-order valence-electron chi connectivity index (χ3n) is 7.28. The Bertz CT molecular complexity index is 1780. The van der Waals surface area contributed by atoms with Crippen LogP contribution in [0.5, 0.6) is 0 Å². The number of rotatable bonds is 7. The monoisotopic (exact) mass is 601 g/mol. The highest BCUT2D eigenvalue weighted by atomic mass is 35.5. The Labute approximate surface area is 243 Å². The van der Waals surface area contributed by atoms with E-state index >= 15 is 0 Å². The van der Waals surface area contributed by atoms with E-state index in [0.29, 0.717) is 17.1 Å². The van der Waals surface area contributed by atoms with Crippen molar-refractivity contribution in [3.8, 4) is 0 Å². The summed E-state index contributed by atoms with van der Waals surface area (Å²) >= 11 is 6.40. The van der Waals surface area contributed by atoms with Crippen molar-refractivity contribution in [2.45, 2.75) is 53.1 Å². The number of alkyl halides is 3. The molecule has 0 fully saturated rings. The van der Waals surface area contributed by atoms with Crippen molar-refractivity contribution in [2.75, 3.05) is 15.5 Å². The number of aryl methyl sites for hydroxylation is 1. The van der Waals surface area contributed by atoms with Crippen molar-refractivity contribution in [3.63, 3.8) is 0 Å². The number of hydrogen-bond acceptors (Lipinski definition) is 7. The van der Waals surface area contributed by atoms with Crippen LogP contribution >= 0.6 is 11.6 Å². The van der Waals surface area contributed by atoms with E-state index in [4.69, 9.17) is 16.0 Å². The molecule has 4 aromatic rings. The number of carbonyl (C=O) groups excluding carboxylic acids is 1. The van der Waals surface area contributed by atoms with Crippen LogP contribution in [0.3, 0.4) is 0 Å². The average molecular weight is 602 g/mol. The normalized spacial score (nSPS) is 14.4. The fraction of sp³-hybridized carbons (Fsp3) is 0.300. The highest BCUT2D eigenvalue weighted by Gasteiger charge is 2.38. The number of halogens is 4. The summed E-state index contributed by atoms with van der Waals surface area (Å²) in [6.45, 7) is 6.84. The fourth-order valence-electron chi connectivity index (χ4n) is 5.06. The lowest BCUT2D eigenvalue weighted by molar-refractivity contribution is -0.137. The standard InChI is InChI=1S/C30H27ClF3N3O5/c1-14-5-10-21(42-14)27(29(2,3)4)36-24-23(25(39)26(24)40)35-19-9-8-18(31)17-12-37(28(41)22(17)19)20-11-16(30(32,33)34)7-6-15(20)13-38/h5-11,27,35-36,38H,12-13H2,1-4H3/t27-/m0/s1. The van der Waals surface area contributed by atoms with E-state index in [9.17, 15) is 32.7 Å². The fourth-order valence-corrected chi connectivity index (χ4v) is 5.28. The molecule has 0 spiro atoms. The summed E-state index contributed by atoms with van der Waals surface area (Å²) in [5, 5.41) is 16.0. The van der Waals surface area contributed by atoms with E-state index in [1.165, 1.54) is 12.1 Å². The molecule has 5 rings (SSSR count). The molecule has 0 unspecified atom stereocenters. The molecule has 3 N–H and O–H groups in total. The van der Waals surface area contributed by atoms with Crippen LogP contribution in [0.15, 0.2) is 56.5 Å². The van der Waals surface area contributed by atoms with Gasteiger partial charge in [0.15, 0.2) is 0 Å². The van der Waals surface area contributed by atoms with Gasteiger partial charge in [-0.3, -0.25) is 14.4 Å². The number of nitrogens with zero attached hydrogens (tertiary/aromatic N) is 1. The number of carbonyl (C=O) groups is 1. The molecule has 1 aliphatic rings. The minimum absolute atomic E-state index is 0.0143. The van der Waals surface area contributed by atoms with Crippen LogP contribution in [0.2, 0.25) is 5.02 Å². The van der Waals surface area contributed by atoms with Crippen LogP contribution in [0, 0.1) is 12.3 Å². The van der Waals surface area contributed by atoms with Gasteiger partial charge in [-0.05, 0) is 48.7 Å². The largest absolute Gasteiger partial charge is 0.464 e. The summed E-state index contributed by atoms with van der Waals surface area (Å²) in [6.07, 6.45) is -4.67. The van der Waals surface area contributed by atoms with Gasteiger partial charge in [0.25, 0.3) is 16.8 Å². The van der Waals surface area contributed by atoms with Crippen molar-refractivity contribution in [3.05, 3.63) is 102 Å². The summed E-state index contributed by atoms with van der Waals surface area (Å²) in [4.78, 5) is 40.2. The summed E-state index contributed by atoms with van der Waals surface area (Å²) < 4.78 is 46.2. The maximum absolute atomic E-state index is 13.7. The van der Waals surface area contributed by atoms with E-state index in [-0.39, 0.29) is 45.4 Å². The molecule has 1 amide bonds. The summed E-state index contributed by atoms with van der Waals surface area (Å²) in [7, 11) is 0. The van der Waals surface area contributed by atoms with Crippen molar-refractivity contribution in [1.82, 2.24) is 0 Å². The molecular formula is C30H27ClF3N3O5. The molecule has 0 aliphatic carbocycles. The Balaban J connectivity index is 1.52. The van der Waals surface area contributed by atoms with Gasteiger partial charge in [-0.2, -0.15) is 13.2 Å². The van der Waals surface area contributed by atoms with E-state index in [1.54, 1.807) is 19.1 Å². The van der Waals surface area contributed by atoms with Gasteiger partial charge in [-0.15, -0.1) is 0 Å². The first-order chi connectivity index (χ1) is 19.6. The van der Waals surface area contributed by atoms with Gasteiger partial charge in [0.1, 0.15) is 22.9 Å². The van der Waals surface area contributed by atoms with Gasteiger partial charge in [0, 0.05) is 16.1 Å². The van der Waals surface area contributed by atoms with Crippen LogP contribution in [0.4, 0.5) is 35.9 Å². The second kappa shape index (κ2) is 10.3. The Kier molecular flexibility index (Phi) is 7.23. The number of nitrogens with one attached hydrogen (secondary N) is 2. The lowest BCUT2D eigenvalue weighted by Crippen LogP contribution is -2.39. The van der Waals surface area contributed by atoms with Gasteiger partial charge < -0.3 is 25.1 Å². The molecule has 2 heterocycles. The zero-order valence-corrected chi connectivity index (χ0v) is 23.8. The molecule has 0 radical (unpaired) electrons. The average Bonchev–Trinajstić information content (AvgIpc) is 3.50. The maximum Gasteiger partial charge on any atom is 0.416 e. The van der Waals surface area contributed by atoms with E-state index in [2.05, 4.69) is 10.6 Å². The Hall–Kier alpha value is -4.09. The maximum atomic E-state index is 13.7. The third-order valence-corrected chi connectivity index (χ3v) is 7.63. The number of amides is 1. The molecule has 42 heavy (non-hydrogen) atoms. The number of benzene rings is 2. The van der Waals surface area contributed by atoms with Crippen molar-refractivity contribution >= 4 is 40.3 Å². The number of aliphatic hydroxyl groups excluding tert-OH is 1. The van der Waals surface area contributed by atoms with Gasteiger partial charge in [0.2, 0.25) is 0 Å². The molecule has 0 saturated carbocycles. The van der Waals surface area contributed by atoms with Crippen LogP contribution in [-0.4, -0.2) is 11.0 Å². The van der Waals surface area contributed by atoms with Crippen LogP contribution in [-0.2, 0) is 19.3 Å². The smallest absolute Gasteiger partial charge is 0.416 e. The first kappa shape index (κ1) is 29.4. The predicted octanol–water partition coefficient (Wildman–Crippen LogP) is 6.45. The van der Waals surface area contributed by atoms with Gasteiger partial charge in [-0.1, -0.05) is 38.4 Å². The van der Waals surface area contributed by atoms with Crippen LogP contribution < -0.4 is 26.4 Å². The molecule has 1 atom stereocenters. The third kappa shape index (κ3) is 5.07. The Morgan fingerprint density at radius 2 is 1.71 bits per heavy atom. The lowest BCUT2D eigenvalue weighted by Gasteiger charge is -2.31. The second-order valence-electron chi connectivity index (χ2n) is 11.3. The summed E-state index contributed by atoms with van der Waals surface area (Å²) in [5.74, 6) is 0.558. The molecule has 220 valence electrons. The van der Waals surface area contributed by atoms with Crippen molar-refractivity contribution in [1.29, 1.82) is 0 Å². The molecule has 0 bridgehead atoms. The van der Waals surface area contributed by atoms with E-state index in [0.717, 1.165) is 23.1 Å². The van der Waals surface area contributed by atoms with Crippen molar-refractivity contribution in [2.24, 2.45) is 5.41 Å². The highest BCUT2D eigenvalue weighted by Crippen LogP contribution is 2.42. The number of aliphatic hydroxyl groups is 1. The van der Waals surface area contributed by atoms with Crippen LogP contribution in [0.25, 0.3) is 0 Å². The van der Waals surface area contributed by atoms with E-state index in [1.807, 2.05) is 20.8 Å². The number of anilines is 4. The number of hydrogen-bond donors (Lipinski definition) is 3. The number of fused-ring (bicyclic) bond motifs is 1. The predicted molar refractivity (Wildman–Crippen MR) is 153 cm³/mol. The first-order valence-corrected chi connectivity index (χ1v) is 13.4. The molecule has 1 aromatic heterocycles. The minimum atomic E-state index is -4.67. The van der Waals surface area contributed by atoms with Crippen LogP contribution in [0.1, 0.15) is 65.4 Å². The Morgan fingerprint density at radius 1 is 1.02 bits per heavy atom. The highest BCUT2D eigenvalue weighted by molar-refractivity contribution is 6.33. The van der Waals surface area contributed by atoms with E-state index < -0.39 is 46.6 Å². The Morgan fingerprint density at radius 3 is 2.31 bits per heavy atom.